The minimum Gasteiger partial charge on any atom is -0.507 e. The topological polar surface area (TPSA) is 125 Å². The number of aliphatic hydroxyl groups is 4. The second kappa shape index (κ2) is 13.9. The maximum absolute atomic E-state index is 10.5. The fraction of sp³-hybridized carbons (Fsp3) is 0.700. The number of rotatable bonds is 15. The molecule has 0 saturated heterocycles. The molecule has 1 rings (SSSR count). The fourth-order valence-electron chi connectivity index (χ4n) is 2.94. The van der Waals surface area contributed by atoms with Crippen LogP contribution >= 0.6 is 0 Å². The molecule has 7 heteroatoms. The first-order valence-electron chi connectivity index (χ1n) is 9.90. The van der Waals surface area contributed by atoms with Crippen molar-refractivity contribution in [2.45, 2.75) is 77.4 Å². The van der Waals surface area contributed by atoms with E-state index in [1.54, 1.807) is 0 Å². The highest BCUT2D eigenvalue weighted by atomic mass is 16.3. The van der Waals surface area contributed by atoms with Crippen molar-refractivity contribution >= 4 is 0 Å². The van der Waals surface area contributed by atoms with Gasteiger partial charge in [-0.3, -0.25) is 10.6 Å². The Morgan fingerprint density at radius 1 is 0.815 bits per heavy atom. The second-order valence-electron chi connectivity index (χ2n) is 6.94. The Morgan fingerprint density at radius 3 is 1.78 bits per heavy atom. The number of hydrogen-bond acceptors (Lipinski definition) is 7. The summed E-state index contributed by atoms with van der Waals surface area (Å²) in [6.07, 6.45) is 5.98. The summed E-state index contributed by atoms with van der Waals surface area (Å²) in [7, 11) is 0. The summed E-state index contributed by atoms with van der Waals surface area (Å²) in [5.41, 5.74) is 2.33. The zero-order valence-electron chi connectivity index (χ0n) is 16.3. The largest absolute Gasteiger partial charge is 0.507 e. The van der Waals surface area contributed by atoms with Crippen LogP contribution in [0.1, 0.15) is 62.1 Å². The summed E-state index contributed by atoms with van der Waals surface area (Å²) in [6.45, 7) is 1.81. The predicted molar refractivity (Wildman–Crippen MR) is 105 cm³/mol. The molecule has 2 unspecified atom stereocenters. The summed E-state index contributed by atoms with van der Waals surface area (Å²) in [5, 5.41) is 52.8. The SMILES string of the molecule is CCCCCCCCc1cc(CNC(O)CO)c(O)c(CNC(O)CO)c1. The van der Waals surface area contributed by atoms with Gasteiger partial charge in [0.25, 0.3) is 0 Å². The van der Waals surface area contributed by atoms with Gasteiger partial charge in [0.2, 0.25) is 0 Å². The highest BCUT2D eigenvalue weighted by Crippen LogP contribution is 2.26. The number of aromatic hydroxyl groups is 1. The Hall–Kier alpha value is -1.22. The molecule has 2 atom stereocenters. The lowest BCUT2D eigenvalue weighted by atomic mass is 9.99. The Morgan fingerprint density at radius 2 is 1.30 bits per heavy atom. The van der Waals surface area contributed by atoms with Gasteiger partial charge in [0.15, 0.2) is 0 Å². The molecule has 7 nitrogen and oxygen atoms in total. The maximum Gasteiger partial charge on any atom is 0.128 e. The quantitative estimate of drug-likeness (QED) is 0.178. The molecule has 0 aliphatic carbocycles. The smallest absolute Gasteiger partial charge is 0.128 e. The molecule has 7 N–H and O–H groups in total. The average Bonchev–Trinajstić information content (AvgIpc) is 2.68. The van der Waals surface area contributed by atoms with Gasteiger partial charge in [-0.25, -0.2) is 0 Å². The number of aliphatic hydroxyl groups excluding tert-OH is 4. The van der Waals surface area contributed by atoms with Crippen molar-refractivity contribution in [3.05, 3.63) is 28.8 Å². The van der Waals surface area contributed by atoms with E-state index in [1.807, 2.05) is 12.1 Å². The van der Waals surface area contributed by atoms with E-state index in [9.17, 15) is 15.3 Å². The van der Waals surface area contributed by atoms with Gasteiger partial charge in [-0.15, -0.1) is 0 Å². The molecule has 0 aromatic heterocycles. The van der Waals surface area contributed by atoms with Crippen molar-refractivity contribution in [1.29, 1.82) is 0 Å². The van der Waals surface area contributed by atoms with Crippen LogP contribution in [-0.2, 0) is 19.5 Å². The molecule has 0 aliphatic heterocycles. The normalized spacial score (nSPS) is 13.7. The number of hydrogen-bond donors (Lipinski definition) is 7. The van der Waals surface area contributed by atoms with Gasteiger partial charge in [0.1, 0.15) is 18.2 Å². The first-order chi connectivity index (χ1) is 13.0. The second-order valence-corrected chi connectivity index (χ2v) is 6.94. The number of phenolic OH excluding ortho intramolecular Hbond substituents is 1. The zero-order chi connectivity index (χ0) is 20.1. The Kier molecular flexibility index (Phi) is 12.2. The van der Waals surface area contributed by atoms with Crippen molar-refractivity contribution < 1.29 is 25.5 Å². The lowest BCUT2D eigenvalue weighted by Gasteiger charge is -2.17. The van der Waals surface area contributed by atoms with Gasteiger partial charge in [-0.2, -0.15) is 0 Å². The van der Waals surface area contributed by atoms with Crippen LogP contribution in [0.3, 0.4) is 0 Å². The van der Waals surface area contributed by atoms with E-state index < -0.39 is 25.7 Å². The summed E-state index contributed by atoms with van der Waals surface area (Å²) in [4.78, 5) is 0. The number of nitrogens with one attached hydrogen (secondary N) is 2. The molecular formula is C20H36N2O5. The predicted octanol–water partition coefficient (Wildman–Crippen LogP) is 1.10. The lowest BCUT2D eigenvalue weighted by Crippen LogP contribution is -2.32. The van der Waals surface area contributed by atoms with E-state index in [1.165, 1.54) is 25.7 Å². The first kappa shape index (κ1) is 23.8. The van der Waals surface area contributed by atoms with Gasteiger partial charge in [-0.1, -0.05) is 51.2 Å². The van der Waals surface area contributed by atoms with Crippen LogP contribution in [0.2, 0.25) is 0 Å². The van der Waals surface area contributed by atoms with E-state index in [0.29, 0.717) is 11.1 Å². The van der Waals surface area contributed by atoms with Crippen LogP contribution in [-0.4, -0.2) is 51.2 Å². The summed E-state index contributed by atoms with van der Waals surface area (Å²) >= 11 is 0. The van der Waals surface area contributed by atoms with E-state index in [0.717, 1.165) is 24.8 Å². The molecule has 0 spiro atoms. The summed E-state index contributed by atoms with van der Waals surface area (Å²) < 4.78 is 0. The third-order valence-electron chi connectivity index (χ3n) is 4.55. The lowest BCUT2D eigenvalue weighted by molar-refractivity contribution is 0.0658. The van der Waals surface area contributed by atoms with Crippen LogP contribution in [0.5, 0.6) is 5.75 Å². The number of aryl methyl sites for hydroxylation is 1. The fourth-order valence-corrected chi connectivity index (χ4v) is 2.94. The van der Waals surface area contributed by atoms with Gasteiger partial charge in [-0.05, 0) is 18.4 Å². The molecular weight excluding hydrogens is 348 g/mol. The van der Waals surface area contributed by atoms with Crippen LogP contribution in [0.4, 0.5) is 0 Å². The molecule has 0 bridgehead atoms. The van der Waals surface area contributed by atoms with Crippen LogP contribution < -0.4 is 10.6 Å². The zero-order valence-corrected chi connectivity index (χ0v) is 16.3. The molecule has 156 valence electrons. The van der Waals surface area contributed by atoms with E-state index in [2.05, 4.69) is 17.6 Å². The molecule has 0 heterocycles. The molecule has 0 aliphatic rings. The van der Waals surface area contributed by atoms with Crippen molar-refractivity contribution in [3.8, 4) is 5.75 Å². The third-order valence-corrected chi connectivity index (χ3v) is 4.55. The van der Waals surface area contributed by atoms with Crippen molar-refractivity contribution in [2.24, 2.45) is 0 Å². The summed E-state index contributed by atoms with van der Waals surface area (Å²) in [6, 6.07) is 3.81. The molecule has 1 aromatic carbocycles. The van der Waals surface area contributed by atoms with Crippen LogP contribution in [0.15, 0.2) is 12.1 Å². The molecule has 0 saturated carbocycles. The number of phenols is 1. The monoisotopic (exact) mass is 384 g/mol. The highest BCUT2D eigenvalue weighted by Gasteiger charge is 2.13. The Bertz CT molecular complexity index is 492. The average molecular weight is 385 g/mol. The third kappa shape index (κ3) is 9.51. The summed E-state index contributed by atoms with van der Waals surface area (Å²) in [5.74, 6) is 0.0805. The van der Waals surface area contributed by atoms with Crippen LogP contribution in [0, 0.1) is 0 Å². The Labute approximate surface area is 162 Å². The van der Waals surface area contributed by atoms with Gasteiger partial charge < -0.3 is 25.5 Å². The number of unbranched alkanes of at least 4 members (excludes halogenated alkanes) is 5. The van der Waals surface area contributed by atoms with Crippen molar-refractivity contribution in [2.75, 3.05) is 13.2 Å². The van der Waals surface area contributed by atoms with Gasteiger partial charge in [0, 0.05) is 24.2 Å². The van der Waals surface area contributed by atoms with E-state index in [4.69, 9.17) is 10.2 Å². The van der Waals surface area contributed by atoms with Gasteiger partial charge >= 0.3 is 0 Å². The Balaban J connectivity index is 2.77. The molecule has 1 aromatic rings. The van der Waals surface area contributed by atoms with E-state index >= 15 is 0 Å². The molecule has 0 fully saturated rings. The number of benzene rings is 1. The maximum atomic E-state index is 10.5. The van der Waals surface area contributed by atoms with E-state index in [-0.39, 0.29) is 18.8 Å². The highest BCUT2D eigenvalue weighted by molar-refractivity contribution is 5.44. The minimum absolute atomic E-state index is 0.0805. The standard InChI is InChI=1S/C20H36N2O5/c1-2-3-4-5-6-7-8-15-9-16(11-21-18(25)13-23)20(27)17(10-15)12-22-19(26)14-24/h9-10,18-19,21-27H,2-8,11-14H2,1H3. The molecule has 0 amide bonds. The molecule has 0 radical (unpaired) electrons. The van der Waals surface area contributed by atoms with Crippen molar-refractivity contribution in [3.63, 3.8) is 0 Å². The first-order valence-corrected chi connectivity index (χ1v) is 9.90. The van der Waals surface area contributed by atoms with Crippen molar-refractivity contribution in [1.82, 2.24) is 10.6 Å². The van der Waals surface area contributed by atoms with Crippen LogP contribution in [0.25, 0.3) is 0 Å². The minimum atomic E-state index is -1.05. The van der Waals surface area contributed by atoms with Gasteiger partial charge in [0.05, 0.1) is 13.2 Å². The molecule has 27 heavy (non-hydrogen) atoms.